The average molecular weight is 494 g/mol. The molecule has 1 fully saturated rings. The molecule has 2 aromatic carbocycles. The van der Waals surface area contributed by atoms with E-state index in [0.29, 0.717) is 11.3 Å². The minimum atomic E-state index is -0.613. The van der Waals surface area contributed by atoms with Crippen LogP contribution in [0.2, 0.25) is 0 Å². The summed E-state index contributed by atoms with van der Waals surface area (Å²) in [5, 5.41) is 15.3. The summed E-state index contributed by atoms with van der Waals surface area (Å²) < 4.78 is 33.1. The lowest BCUT2D eigenvalue weighted by atomic mass is 10.0. The zero-order valence-electron chi connectivity index (χ0n) is 19.7. The molecule has 3 aromatic rings. The normalized spacial score (nSPS) is 17.7. The van der Waals surface area contributed by atoms with Crippen molar-refractivity contribution in [2.75, 3.05) is 23.5 Å². The molecule has 1 aromatic heterocycles. The number of hydrogen-bond donors (Lipinski definition) is 4. The summed E-state index contributed by atoms with van der Waals surface area (Å²) in [5.41, 5.74) is 7.36. The van der Waals surface area contributed by atoms with Gasteiger partial charge in [-0.1, -0.05) is 0 Å². The second-order valence-electron chi connectivity index (χ2n) is 8.86. The minimum absolute atomic E-state index is 0.0474. The van der Waals surface area contributed by atoms with Crippen LogP contribution in [0.15, 0.2) is 42.7 Å². The molecule has 5 N–H and O–H groups in total. The molecular weight excluding hydrogens is 468 g/mol. The van der Waals surface area contributed by atoms with Crippen molar-refractivity contribution in [2.24, 2.45) is 0 Å². The average Bonchev–Trinajstić information content (AvgIpc) is 3.69. The summed E-state index contributed by atoms with van der Waals surface area (Å²) in [6.07, 6.45) is 2.52. The number of carbonyl (C=O) groups is 1. The van der Waals surface area contributed by atoms with Crippen LogP contribution in [0.1, 0.15) is 41.3 Å². The van der Waals surface area contributed by atoms with Crippen LogP contribution in [0.3, 0.4) is 0 Å². The van der Waals surface area contributed by atoms with Crippen LogP contribution in [0.5, 0.6) is 5.75 Å². The van der Waals surface area contributed by atoms with Gasteiger partial charge in [0.05, 0.1) is 30.0 Å². The third-order valence-electron chi connectivity index (χ3n) is 6.39. The number of amides is 1. The number of carbonyl (C=O) groups excluding carboxylic acids is 1. The maximum Gasteiger partial charge on any atom is 0.258 e. The van der Waals surface area contributed by atoms with Crippen molar-refractivity contribution in [3.05, 3.63) is 71.1 Å². The molecule has 1 aliphatic heterocycles. The molecule has 0 saturated heterocycles. The highest BCUT2D eigenvalue weighted by atomic mass is 19.1. The van der Waals surface area contributed by atoms with Crippen LogP contribution in [0.25, 0.3) is 0 Å². The van der Waals surface area contributed by atoms with Crippen LogP contribution in [-0.4, -0.2) is 51.8 Å². The van der Waals surface area contributed by atoms with Crippen LogP contribution >= 0.6 is 0 Å². The molecule has 0 spiro atoms. The maximum atomic E-state index is 14.3. The summed E-state index contributed by atoms with van der Waals surface area (Å²) in [4.78, 5) is 23.3. The van der Waals surface area contributed by atoms with Crippen LogP contribution in [0.4, 0.5) is 26.1 Å². The molecule has 2 atom stereocenters. The number of fused-ring (bicyclic) bond motifs is 1. The van der Waals surface area contributed by atoms with Gasteiger partial charge in [-0.05, 0) is 56.2 Å². The van der Waals surface area contributed by atoms with Crippen molar-refractivity contribution in [3.63, 3.8) is 0 Å². The Kier molecular flexibility index (Phi) is 5.91. The van der Waals surface area contributed by atoms with Gasteiger partial charge in [0.2, 0.25) is 0 Å². The molecule has 1 saturated carbocycles. The Morgan fingerprint density at radius 2 is 2.03 bits per heavy atom. The van der Waals surface area contributed by atoms with Crippen molar-refractivity contribution in [3.8, 4) is 5.75 Å². The van der Waals surface area contributed by atoms with E-state index in [1.54, 1.807) is 17.0 Å². The number of methoxy groups -OCH3 is 1. The van der Waals surface area contributed by atoms with Gasteiger partial charge in [0.25, 0.3) is 5.91 Å². The van der Waals surface area contributed by atoms with Crippen LogP contribution < -0.4 is 21.1 Å². The molecule has 36 heavy (non-hydrogen) atoms. The number of nitrogens with two attached hydrogens (primary N) is 1. The first-order valence-corrected chi connectivity index (χ1v) is 11.5. The van der Waals surface area contributed by atoms with E-state index in [1.165, 1.54) is 37.7 Å². The van der Waals surface area contributed by atoms with Crippen LogP contribution in [0, 0.1) is 17.0 Å². The molecule has 1 aliphatic carbocycles. The molecule has 9 nitrogen and oxygen atoms in total. The number of halogens is 2. The Labute approximate surface area is 206 Å². The van der Waals surface area contributed by atoms with Gasteiger partial charge in [0.15, 0.2) is 11.6 Å². The van der Waals surface area contributed by atoms with E-state index < -0.39 is 23.8 Å². The lowest BCUT2D eigenvalue weighted by molar-refractivity contribution is 0.0653. The zero-order valence-corrected chi connectivity index (χ0v) is 19.7. The topological polar surface area (TPSA) is 129 Å². The Morgan fingerprint density at radius 3 is 2.72 bits per heavy atom. The molecule has 2 unspecified atom stereocenters. The SMILES string of the molecule is COc1ccc(C(=N)c2c(N)ncnc2NC(C)C2Nc3ccc(F)cc3C(=O)N2C2CC2)cc1F. The lowest BCUT2D eigenvalue weighted by Gasteiger charge is -2.41. The fourth-order valence-electron chi connectivity index (χ4n) is 4.44. The smallest absolute Gasteiger partial charge is 0.258 e. The fraction of sp³-hybridized carbons (Fsp3) is 0.280. The number of rotatable bonds is 7. The van der Waals surface area contributed by atoms with Gasteiger partial charge < -0.3 is 26.0 Å². The number of ether oxygens (including phenoxy) is 1. The molecule has 186 valence electrons. The van der Waals surface area contributed by atoms with Crippen molar-refractivity contribution >= 4 is 28.9 Å². The van der Waals surface area contributed by atoms with E-state index in [2.05, 4.69) is 20.6 Å². The van der Waals surface area contributed by atoms with Crippen molar-refractivity contribution in [2.45, 2.75) is 38.0 Å². The number of benzene rings is 2. The first-order chi connectivity index (χ1) is 17.3. The third kappa shape index (κ3) is 4.16. The molecule has 11 heteroatoms. The molecule has 2 heterocycles. The van der Waals surface area contributed by atoms with E-state index >= 15 is 0 Å². The van der Waals surface area contributed by atoms with Gasteiger partial charge >= 0.3 is 0 Å². The Bertz CT molecular complexity index is 1360. The highest BCUT2D eigenvalue weighted by molar-refractivity contribution is 6.16. The predicted molar refractivity (Wildman–Crippen MR) is 131 cm³/mol. The first kappa shape index (κ1) is 23.5. The summed E-state index contributed by atoms with van der Waals surface area (Å²) >= 11 is 0. The Morgan fingerprint density at radius 1 is 1.25 bits per heavy atom. The molecule has 2 aliphatic rings. The van der Waals surface area contributed by atoms with Gasteiger partial charge in [0.1, 0.15) is 29.9 Å². The molecule has 0 radical (unpaired) electrons. The quantitative estimate of drug-likeness (QED) is 0.370. The zero-order chi connectivity index (χ0) is 25.6. The van der Waals surface area contributed by atoms with Crippen LogP contribution in [-0.2, 0) is 0 Å². The first-order valence-electron chi connectivity index (χ1n) is 11.5. The van der Waals surface area contributed by atoms with Gasteiger partial charge in [0, 0.05) is 17.3 Å². The van der Waals surface area contributed by atoms with E-state index in [1.807, 2.05) is 6.92 Å². The number of aromatic nitrogens is 2. The fourth-order valence-corrected chi connectivity index (χ4v) is 4.44. The van der Waals surface area contributed by atoms with E-state index in [0.717, 1.165) is 12.8 Å². The maximum absolute atomic E-state index is 14.3. The third-order valence-corrected chi connectivity index (χ3v) is 6.39. The number of nitrogens with one attached hydrogen (secondary N) is 3. The largest absolute Gasteiger partial charge is 0.494 e. The van der Waals surface area contributed by atoms with Gasteiger partial charge in [-0.2, -0.15) is 0 Å². The highest BCUT2D eigenvalue weighted by Crippen LogP contribution is 2.37. The van der Waals surface area contributed by atoms with Gasteiger partial charge in [-0.15, -0.1) is 0 Å². The number of anilines is 3. The molecular formula is C25H25F2N7O2. The Balaban J connectivity index is 1.46. The van der Waals surface area contributed by atoms with Crippen molar-refractivity contribution < 1.29 is 18.3 Å². The molecule has 5 rings (SSSR count). The number of nitrogens with zero attached hydrogens (tertiary/aromatic N) is 3. The Hall–Kier alpha value is -4.28. The second-order valence-corrected chi connectivity index (χ2v) is 8.86. The standard InChI is InChI=1S/C25H25F2N7O2/c1-12(24-33-18-7-4-14(26)10-16(18)25(35)34(24)15-5-6-15)32-23-20(22(29)30-11-31-23)21(28)13-3-8-19(36-2)17(27)9-13/h3-4,7-12,15,24,28,33H,5-6H2,1-2H3,(H3,29,30,31,32). The van der Waals surface area contributed by atoms with Gasteiger partial charge in [-0.25, -0.2) is 18.7 Å². The monoisotopic (exact) mass is 493 g/mol. The predicted octanol–water partition coefficient (Wildman–Crippen LogP) is 3.62. The lowest BCUT2D eigenvalue weighted by Crippen LogP contribution is -2.56. The number of nitrogen functional groups attached to an aromatic ring is 1. The van der Waals surface area contributed by atoms with Gasteiger partial charge in [-0.3, -0.25) is 10.2 Å². The minimum Gasteiger partial charge on any atom is -0.494 e. The molecule has 0 bridgehead atoms. The summed E-state index contributed by atoms with van der Waals surface area (Å²) in [5.74, 6) is -0.950. The highest BCUT2D eigenvalue weighted by Gasteiger charge is 2.43. The van der Waals surface area contributed by atoms with E-state index in [-0.39, 0.29) is 46.2 Å². The summed E-state index contributed by atoms with van der Waals surface area (Å²) in [6.45, 7) is 1.87. The second kappa shape index (κ2) is 9.06. The van der Waals surface area contributed by atoms with E-state index in [9.17, 15) is 13.6 Å². The number of hydrogen-bond acceptors (Lipinski definition) is 8. The summed E-state index contributed by atoms with van der Waals surface area (Å²) in [7, 11) is 1.36. The van der Waals surface area contributed by atoms with E-state index in [4.69, 9.17) is 15.9 Å². The molecule has 1 amide bonds. The summed E-state index contributed by atoms with van der Waals surface area (Å²) in [6, 6.07) is 7.91. The van der Waals surface area contributed by atoms with Crippen molar-refractivity contribution in [1.29, 1.82) is 5.41 Å². The van der Waals surface area contributed by atoms with Crippen molar-refractivity contribution in [1.82, 2.24) is 14.9 Å².